The van der Waals surface area contributed by atoms with Crippen LogP contribution in [0, 0.1) is 0 Å². The number of carbonyl (C=O) groups excluding carboxylic acids is 1. The maximum absolute atomic E-state index is 12.2. The molecule has 0 spiro atoms. The van der Waals surface area contributed by atoms with Crippen LogP contribution in [-0.4, -0.2) is 39.9 Å². The second-order valence-electron chi connectivity index (χ2n) is 4.35. The van der Waals surface area contributed by atoms with Gasteiger partial charge >= 0.3 is 0 Å². The summed E-state index contributed by atoms with van der Waals surface area (Å²) in [5.74, 6) is -0.378. The van der Waals surface area contributed by atoms with Gasteiger partial charge in [0.05, 0.1) is 10.5 Å². The molecular weight excluding hydrogens is 266 g/mol. The van der Waals surface area contributed by atoms with Gasteiger partial charge in [-0.1, -0.05) is 6.92 Å². The zero-order valence-corrected chi connectivity index (χ0v) is 12.1. The second kappa shape index (κ2) is 6.03. The lowest BCUT2D eigenvalue weighted by Gasteiger charge is -2.15. The third-order valence-corrected chi connectivity index (χ3v) is 3.97. The van der Waals surface area contributed by atoms with Crippen LogP contribution in [0.25, 0.3) is 0 Å². The molecule has 0 saturated carbocycles. The summed E-state index contributed by atoms with van der Waals surface area (Å²) in [7, 11) is -0.604. The van der Waals surface area contributed by atoms with Crippen molar-refractivity contribution in [3.05, 3.63) is 23.8 Å². The number of nitrogen functional groups attached to an aromatic ring is 1. The molecule has 0 atom stereocenters. The highest BCUT2D eigenvalue weighted by atomic mass is 32.2. The van der Waals surface area contributed by atoms with Crippen molar-refractivity contribution in [1.82, 2.24) is 9.62 Å². The Bertz CT molecular complexity index is 568. The Morgan fingerprint density at radius 1 is 1.37 bits per heavy atom. The fourth-order valence-corrected chi connectivity index (χ4v) is 2.86. The van der Waals surface area contributed by atoms with Crippen LogP contribution in [0.15, 0.2) is 23.1 Å². The standard InChI is InChI=1S/C12H19N3O3S/c1-4-7-14-19(17,18)11-8-9(13)5-6-10(11)12(16)15(2)3/h5-6,8,14H,4,7,13H2,1-3H3. The maximum atomic E-state index is 12.2. The van der Waals surface area contributed by atoms with Gasteiger partial charge in [0.15, 0.2) is 0 Å². The summed E-state index contributed by atoms with van der Waals surface area (Å²) in [5, 5.41) is 0. The predicted molar refractivity (Wildman–Crippen MR) is 74.4 cm³/mol. The SMILES string of the molecule is CCCNS(=O)(=O)c1cc(N)ccc1C(=O)N(C)C. The Balaban J connectivity index is 3.33. The molecule has 1 aromatic rings. The number of nitrogens with zero attached hydrogens (tertiary/aromatic N) is 1. The Hall–Kier alpha value is -1.60. The average Bonchev–Trinajstić information content (AvgIpc) is 2.35. The van der Waals surface area contributed by atoms with Crippen molar-refractivity contribution in [2.24, 2.45) is 0 Å². The molecule has 3 N–H and O–H groups in total. The molecule has 0 radical (unpaired) electrons. The number of amides is 1. The molecule has 19 heavy (non-hydrogen) atoms. The van der Waals surface area contributed by atoms with Gasteiger partial charge in [0.25, 0.3) is 5.91 Å². The zero-order valence-electron chi connectivity index (χ0n) is 11.3. The summed E-state index contributed by atoms with van der Waals surface area (Å²) in [5.41, 5.74) is 6.02. The summed E-state index contributed by atoms with van der Waals surface area (Å²) in [6, 6.07) is 4.24. The predicted octanol–water partition coefficient (Wildman–Crippen LogP) is 0.659. The highest BCUT2D eigenvalue weighted by molar-refractivity contribution is 7.89. The highest BCUT2D eigenvalue weighted by Crippen LogP contribution is 2.20. The Morgan fingerprint density at radius 2 is 2.00 bits per heavy atom. The van der Waals surface area contributed by atoms with Crippen molar-refractivity contribution in [3.8, 4) is 0 Å². The molecule has 1 amide bonds. The molecule has 0 bridgehead atoms. The summed E-state index contributed by atoms with van der Waals surface area (Å²) in [6.45, 7) is 2.17. The third kappa shape index (κ3) is 3.68. The number of sulfonamides is 1. The van der Waals surface area contributed by atoms with Crippen LogP contribution >= 0.6 is 0 Å². The molecule has 106 valence electrons. The van der Waals surface area contributed by atoms with E-state index < -0.39 is 10.0 Å². The van der Waals surface area contributed by atoms with Crippen LogP contribution in [-0.2, 0) is 10.0 Å². The number of benzene rings is 1. The van der Waals surface area contributed by atoms with Gasteiger partial charge in [-0.15, -0.1) is 0 Å². The molecule has 6 nitrogen and oxygen atoms in total. The largest absolute Gasteiger partial charge is 0.399 e. The van der Waals surface area contributed by atoms with Crippen molar-refractivity contribution in [1.29, 1.82) is 0 Å². The topological polar surface area (TPSA) is 92.5 Å². The van der Waals surface area contributed by atoms with Crippen molar-refractivity contribution >= 4 is 21.6 Å². The third-order valence-electron chi connectivity index (χ3n) is 2.47. The van der Waals surface area contributed by atoms with Gasteiger partial charge in [-0.3, -0.25) is 4.79 Å². The molecule has 0 aromatic heterocycles. The summed E-state index contributed by atoms with van der Waals surface area (Å²) in [6.07, 6.45) is 0.665. The first kappa shape index (κ1) is 15.5. The first-order chi connectivity index (χ1) is 8.79. The molecule has 0 aliphatic carbocycles. The fourth-order valence-electron chi connectivity index (χ4n) is 1.49. The van der Waals surface area contributed by atoms with Gasteiger partial charge in [0.1, 0.15) is 0 Å². The summed E-state index contributed by atoms with van der Waals surface area (Å²) in [4.78, 5) is 13.2. The molecular formula is C12H19N3O3S. The van der Waals surface area contributed by atoms with Gasteiger partial charge in [0, 0.05) is 26.3 Å². The van der Waals surface area contributed by atoms with E-state index in [9.17, 15) is 13.2 Å². The van der Waals surface area contributed by atoms with E-state index in [-0.39, 0.29) is 16.4 Å². The number of nitrogens with one attached hydrogen (secondary N) is 1. The smallest absolute Gasteiger partial charge is 0.254 e. The van der Waals surface area contributed by atoms with Crippen LogP contribution in [0.4, 0.5) is 5.69 Å². The highest BCUT2D eigenvalue weighted by Gasteiger charge is 2.23. The number of anilines is 1. The molecule has 0 aliphatic rings. The molecule has 0 saturated heterocycles. The van der Waals surface area contributed by atoms with Gasteiger partial charge in [0.2, 0.25) is 10.0 Å². The van der Waals surface area contributed by atoms with Crippen LogP contribution in [0.5, 0.6) is 0 Å². The number of hydrogen-bond donors (Lipinski definition) is 2. The lowest BCUT2D eigenvalue weighted by molar-refractivity contribution is 0.0824. The monoisotopic (exact) mass is 285 g/mol. The van der Waals surface area contributed by atoms with Gasteiger partial charge in [-0.2, -0.15) is 0 Å². The normalized spacial score (nSPS) is 11.3. The zero-order chi connectivity index (χ0) is 14.6. The van der Waals surface area contributed by atoms with E-state index in [0.29, 0.717) is 18.7 Å². The quantitative estimate of drug-likeness (QED) is 0.777. The van der Waals surface area contributed by atoms with Crippen molar-refractivity contribution in [3.63, 3.8) is 0 Å². The molecule has 1 aromatic carbocycles. The minimum atomic E-state index is -3.73. The minimum Gasteiger partial charge on any atom is -0.399 e. The Kier molecular flexibility index (Phi) is 4.90. The van der Waals surface area contributed by atoms with Crippen molar-refractivity contribution in [2.45, 2.75) is 18.2 Å². The Morgan fingerprint density at radius 3 is 2.53 bits per heavy atom. The number of carbonyl (C=O) groups is 1. The van der Waals surface area contributed by atoms with E-state index in [1.165, 1.54) is 23.1 Å². The molecule has 0 fully saturated rings. The van der Waals surface area contributed by atoms with Crippen molar-refractivity contribution in [2.75, 3.05) is 26.4 Å². The minimum absolute atomic E-state index is 0.0837. The fraction of sp³-hybridized carbons (Fsp3) is 0.417. The summed E-state index contributed by atoms with van der Waals surface area (Å²) >= 11 is 0. The van der Waals surface area contributed by atoms with Crippen molar-refractivity contribution < 1.29 is 13.2 Å². The van der Waals surface area contributed by atoms with Gasteiger partial charge < -0.3 is 10.6 Å². The van der Waals surface area contributed by atoms with Gasteiger partial charge in [-0.25, -0.2) is 13.1 Å². The second-order valence-corrected chi connectivity index (χ2v) is 6.09. The number of rotatable bonds is 5. The van der Waals surface area contributed by atoms with Crippen LogP contribution in [0.2, 0.25) is 0 Å². The van der Waals surface area contributed by atoms with E-state index in [2.05, 4.69) is 4.72 Å². The van der Waals surface area contributed by atoms with Crippen LogP contribution in [0.3, 0.4) is 0 Å². The Labute approximate surface area is 113 Å². The van der Waals surface area contributed by atoms with E-state index in [1.807, 2.05) is 6.92 Å². The molecule has 0 unspecified atom stereocenters. The molecule has 1 rings (SSSR count). The first-order valence-electron chi connectivity index (χ1n) is 5.90. The lowest BCUT2D eigenvalue weighted by Crippen LogP contribution is -2.29. The molecule has 7 heteroatoms. The maximum Gasteiger partial charge on any atom is 0.254 e. The average molecular weight is 285 g/mol. The van der Waals surface area contributed by atoms with Gasteiger partial charge in [-0.05, 0) is 24.6 Å². The first-order valence-corrected chi connectivity index (χ1v) is 7.38. The van der Waals surface area contributed by atoms with E-state index in [0.717, 1.165) is 0 Å². The summed E-state index contributed by atoms with van der Waals surface area (Å²) < 4.78 is 26.7. The van der Waals surface area contributed by atoms with Crippen LogP contribution < -0.4 is 10.5 Å². The van der Waals surface area contributed by atoms with E-state index in [4.69, 9.17) is 5.73 Å². The number of hydrogen-bond acceptors (Lipinski definition) is 4. The molecule has 0 aliphatic heterocycles. The molecule has 0 heterocycles. The lowest BCUT2D eigenvalue weighted by atomic mass is 10.2. The van der Waals surface area contributed by atoms with E-state index in [1.54, 1.807) is 14.1 Å². The van der Waals surface area contributed by atoms with Crippen LogP contribution in [0.1, 0.15) is 23.7 Å². The van der Waals surface area contributed by atoms with E-state index >= 15 is 0 Å². The number of nitrogens with two attached hydrogens (primary N) is 1.